The maximum absolute atomic E-state index is 12.6. The second-order valence-corrected chi connectivity index (χ2v) is 5.34. The number of esters is 1. The number of carbonyl (C=O) groups is 2. The summed E-state index contributed by atoms with van der Waals surface area (Å²) in [6, 6.07) is 17.1. The quantitative estimate of drug-likeness (QED) is 0.441. The number of hydrogen-bond donors (Lipinski definition) is 0. The Bertz CT molecular complexity index is 720. The molecule has 2 atom stereocenters. The molecular formula is C20H19NO3. The number of ether oxygens (including phenoxy) is 1. The highest BCUT2D eigenvalue weighted by Gasteiger charge is 2.37. The Morgan fingerprint density at radius 1 is 1.04 bits per heavy atom. The predicted octanol–water partition coefficient (Wildman–Crippen LogP) is 3.89. The predicted molar refractivity (Wildman–Crippen MR) is 91.6 cm³/mol. The minimum atomic E-state index is -1.03. The van der Waals surface area contributed by atoms with Crippen LogP contribution in [0.2, 0.25) is 0 Å². The van der Waals surface area contributed by atoms with Crippen LogP contribution < -0.4 is 0 Å². The fourth-order valence-electron chi connectivity index (χ4n) is 2.59. The van der Waals surface area contributed by atoms with E-state index in [1.807, 2.05) is 36.4 Å². The number of nitrogens with zero attached hydrogens (tertiary/aromatic N) is 1. The SMILES string of the molecule is [C-]#[N+]C(C(=O)OCC)C(CC(=O)c1ccccc1)c1ccccc1. The van der Waals surface area contributed by atoms with Crippen LogP contribution in [0.4, 0.5) is 0 Å². The van der Waals surface area contributed by atoms with Crippen molar-refractivity contribution in [3.63, 3.8) is 0 Å². The summed E-state index contributed by atoms with van der Waals surface area (Å²) >= 11 is 0. The molecule has 0 aromatic heterocycles. The highest BCUT2D eigenvalue weighted by Crippen LogP contribution is 2.28. The molecule has 0 aliphatic rings. The van der Waals surface area contributed by atoms with Gasteiger partial charge in [-0.3, -0.25) is 4.79 Å². The zero-order valence-electron chi connectivity index (χ0n) is 13.5. The first-order valence-corrected chi connectivity index (χ1v) is 7.83. The van der Waals surface area contributed by atoms with Gasteiger partial charge in [0.15, 0.2) is 5.78 Å². The van der Waals surface area contributed by atoms with Crippen molar-refractivity contribution in [3.05, 3.63) is 83.2 Å². The topological polar surface area (TPSA) is 47.7 Å². The van der Waals surface area contributed by atoms with E-state index in [2.05, 4.69) is 4.85 Å². The molecule has 2 aromatic carbocycles. The minimum Gasteiger partial charge on any atom is -0.460 e. The highest BCUT2D eigenvalue weighted by molar-refractivity contribution is 5.97. The fraction of sp³-hybridized carbons (Fsp3) is 0.250. The summed E-state index contributed by atoms with van der Waals surface area (Å²) in [7, 11) is 0. The molecule has 4 nitrogen and oxygen atoms in total. The average molecular weight is 321 g/mol. The van der Waals surface area contributed by atoms with Crippen LogP contribution in [-0.2, 0) is 9.53 Å². The summed E-state index contributed by atoms with van der Waals surface area (Å²) in [5.74, 6) is -1.21. The second-order valence-electron chi connectivity index (χ2n) is 5.34. The van der Waals surface area contributed by atoms with E-state index < -0.39 is 17.9 Å². The summed E-state index contributed by atoms with van der Waals surface area (Å²) in [4.78, 5) is 28.2. The molecule has 0 bridgehead atoms. The Balaban J connectivity index is 2.31. The van der Waals surface area contributed by atoms with E-state index in [1.54, 1.807) is 31.2 Å². The first-order valence-electron chi connectivity index (χ1n) is 7.83. The summed E-state index contributed by atoms with van der Waals surface area (Å²) in [6.07, 6.45) is 0.0832. The number of benzene rings is 2. The monoisotopic (exact) mass is 321 g/mol. The van der Waals surface area contributed by atoms with Crippen LogP contribution in [0.1, 0.15) is 35.2 Å². The van der Waals surface area contributed by atoms with Crippen LogP contribution in [0.5, 0.6) is 0 Å². The van der Waals surface area contributed by atoms with Gasteiger partial charge >= 0.3 is 12.0 Å². The molecule has 0 aliphatic heterocycles. The molecular weight excluding hydrogens is 302 g/mol. The number of ketones is 1. The molecule has 2 rings (SSSR count). The van der Waals surface area contributed by atoms with Gasteiger partial charge in [-0.2, -0.15) is 0 Å². The fourth-order valence-corrected chi connectivity index (χ4v) is 2.59. The number of rotatable bonds is 7. The van der Waals surface area contributed by atoms with Crippen molar-refractivity contribution >= 4 is 11.8 Å². The van der Waals surface area contributed by atoms with Crippen molar-refractivity contribution < 1.29 is 14.3 Å². The Morgan fingerprint density at radius 2 is 1.62 bits per heavy atom. The van der Waals surface area contributed by atoms with E-state index in [0.29, 0.717) is 5.56 Å². The van der Waals surface area contributed by atoms with Crippen molar-refractivity contribution in [2.75, 3.05) is 6.61 Å². The third-order valence-corrected chi connectivity index (χ3v) is 3.78. The van der Waals surface area contributed by atoms with Gasteiger partial charge in [0.1, 0.15) is 0 Å². The Hall–Kier alpha value is -2.93. The smallest absolute Gasteiger partial charge is 0.390 e. The molecule has 2 unspecified atom stereocenters. The molecule has 0 spiro atoms. The van der Waals surface area contributed by atoms with Crippen molar-refractivity contribution in [1.82, 2.24) is 0 Å². The second kappa shape index (κ2) is 8.64. The molecule has 0 fully saturated rings. The molecule has 0 heterocycles. The lowest BCUT2D eigenvalue weighted by atomic mass is 9.86. The molecule has 4 heteroatoms. The van der Waals surface area contributed by atoms with Crippen LogP contribution in [-0.4, -0.2) is 24.4 Å². The summed E-state index contributed by atoms with van der Waals surface area (Å²) in [6.45, 7) is 9.32. The standard InChI is InChI=1S/C20H19NO3/c1-3-24-20(23)19(21-2)17(15-10-6-4-7-11-15)14-18(22)16-12-8-5-9-13-16/h4-13,17,19H,3,14H2,1H3. The van der Waals surface area contributed by atoms with Gasteiger partial charge in [-0.25, -0.2) is 11.4 Å². The van der Waals surface area contributed by atoms with Gasteiger partial charge in [0.2, 0.25) is 0 Å². The lowest BCUT2D eigenvalue weighted by Crippen LogP contribution is -2.29. The van der Waals surface area contributed by atoms with Crippen molar-refractivity contribution in [1.29, 1.82) is 0 Å². The number of carbonyl (C=O) groups excluding carboxylic acids is 2. The van der Waals surface area contributed by atoms with Gasteiger partial charge in [0.05, 0.1) is 12.5 Å². The molecule has 2 aromatic rings. The minimum absolute atomic E-state index is 0.0832. The number of hydrogen-bond acceptors (Lipinski definition) is 3. The van der Waals surface area contributed by atoms with Gasteiger partial charge in [-0.15, -0.1) is 0 Å². The van der Waals surface area contributed by atoms with Crippen molar-refractivity contribution in [3.8, 4) is 0 Å². The van der Waals surface area contributed by atoms with E-state index in [1.165, 1.54) is 0 Å². The van der Waals surface area contributed by atoms with E-state index in [0.717, 1.165) is 5.56 Å². The lowest BCUT2D eigenvalue weighted by molar-refractivity contribution is -0.144. The van der Waals surface area contributed by atoms with Gasteiger partial charge in [0.25, 0.3) is 0 Å². The number of Topliss-reactive ketones (excluding diaryl/α,β-unsaturated/α-hetero) is 1. The van der Waals surface area contributed by atoms with Crippen LogP contribution in [0.15, 0.2) is 60.7 Å². The molecule has 0 amide bonds. The van der Waals surface area contributed by atoms with Crippen LogP contribution in [0.25, 0.3) is 4.85 Å². The molecule has 0 aliphatic carbocycles. The average Bonchev–Trinajstić information content (AvgIpc) is 2.63. The van der Waals surface area contributed by atoms with Crippen molar-refractivity contribution in [2.45, 2.75) is 25.3 Å². The van der Waals surface area contributed by atoms with Gasteiger partial charge in [-0.1, -0.05) is 60.7 Å². The first kappa shape index (κ1) is 17.4. The van der Waals surface area contributed by atoms with Crippen molar-refractivity contribution in [2.24, 2.45) is 0 Å². The summed E-state index contributed by atoms with van der Waals surface area (Å²) in [5, 5.41) is 0. The zero-order chi connectivity index (χ0) is 17.4. The van der Waals surface area contributed by atoms with E-state index in [-0.39, 0.29) is 18.8 Å². The summed E-state index contributed by atoms with van der Waals surface area (Å²) < 4.78 is 5.02. The van der Waals surface area contributed by atoms with E-state index in [9.17, 15) is 9.59 Å². The lowest BCUT2D eigenvalue weighted by Gasteiger charge is -2.17. The Labute approximate surface area is 141 Å². The first-order chi connectivity index (χ1) is 11.7. The van der Waals surface area contributed by atoms with Gasteiger partial charge < -0.3 is 9.58 Å². The molecule has 0 N–H and O–H groups in total. The highest BCUT2D eigenvalue weighted by atomic mass is 16.5. The maximum Gasteiger partial charge on any atom is 0.390 e. The molecule has 0 saturated carbocycles. The molecule has 122 valence electrons. The third-order valence-electron chi connectivity index (χ3n) is 3.78. The Kier molecular flexibility index (Phi) is 6.27. The molecule has 0 radical (unpaired) electrons. The zero-order valence-corrected chi connectivity index (χ0v) is 13.5. The molecule has 24 heavy (non-hydrogen) atoms. The largest absolute Gasteiger partial charge is 0.460 e. The van der Waals surface area contributed by atoms with Gasteiger partial charge in [0, 0.05) is 12.0 Å². The Morgan fingerprint density at radius 3 is 2.17 bits per heavy atom. The van der Waals surface area contributed by atoms with E-state index in [4.69, 9.17) is 11.3 Å². The van der Waals surface area contributed by atoms with Gasteiger partial charge in [-0.05, 0) is 12.5 Å². The molecule has 0 saturated heterocycles. The van der Waals surface area contributed by atoms with Crippen LogP contribution in [0.3, 0.4) is 0 Å². The third kappa shape index (κ3) is 4.30. The van der Waals surface area contributed by atoms with Crippen LogP contribution >= 0.6 is 0 Å². The maximum atomic E-state index is 12.6. The van der Waals surface area contributed by atoms with E-state index >= 15 is 0 Å². The summed E-state index contributed by atoms with van der Waals surface area (Å²) in [5.41, 5.74) is 1.36. The normalized spacial score (nSPS) is 12.7. The van der Waals surface area contributed by atoms with Crippen LogP contribution in [0, 0.1) is 6.57 Å².